The van der Waals surface area contributed by atoms with Gasteiger partial charge in [0.05, 0.1) is 49.4 Å². The summed E-state index contributed by atoms with van der Waals surface area (Å²) in [6.07, 6.45) is 0. The number of halogens is 3. The first-order valence-electron chi connectivity index (χ1n) is 36.1. The smallest absolute Gasteiger partial charge is 0.338 e. The van der Waals surface area contributed by atoms with Gasteiger partial charge in [-0.1, -0.05) is 237 Å². The number of rotatable bonds is 26. The molecular formula is C90H102I3O12S3+3. The second kappa shape index (κ2) is 41.9. The van der Waals surface area contributed by atoms with Gasteiger partial charge in [-0.25, -0.2) is 14.4 Å². The maximum absolute atomic E-state index is 12.5. The zero-order chi connectivity index (χ0) is 79.0. The van der Waals surface area contributed by atoms with E-state index in [2.05, 4.69) is 236 Å². The third-order valence-electron chi connectivity index (χ3n) is 17.0. The molecule has 9 aromatic carbocycles. The highest BCUT2D eigenvalue weighted by atomic mass is 127. The van der Waals surface area contributed by atoms with Crippen molar-refractivity contribution < 1.29 is 57.2 Å². The van der Waals surface area contributed by atoms with Crippen molar-refractivity contribution in [1.82, 2.24) is 0 Å². The molecule has 0 amide bonds. The first kappa shape index (κ1) is 88.3. The molecule has 4 unspecified atom stereocenters. The van der Waals surface area contributed by atoms with Crippen LogP contribution in [-0.2, 0) is 91.7 Å². The largest absolute Gasteiger partial charge is 0.461 e. The maximum Gasteiger partial charge on any atom is 0.338 e. The number of hydrogen-bond donors (Lipinski definition) is 0. The second-order valence-electron chi connectivity index (χ2n) is 29.3. The minimum atomic E-state index is -0.431. The summed E-state index contributed by atoms with van der Waals surface area (Å²) in [5, 5.41) is 0. The molecule has 9 aromatic rings. The van der Waals surface area contributed by atoms with Gasteiger partial charge in [0.1, 0.15) is 51.4 Å². The van der Waals surface area contributed by atoms with Gasteiger partial charge in [0.25, 0.3) is 0 Å². The summed E-state index contributed by atoms with van der Waals surface area (Å²) in [7, 11) is -0.937. The Balaban J connectivity index is 0.000000226. The Morgan fingerprint density at radius 2 is 0.454 bits per heavy atom. The van der Waals surface area contributed by atoms with Crippen LogP contribution in [0.2, 0.25) is 0 Å². The number of hydrogen-bond acceptors (Lipinski definition) is 12. The zero-order valence-electron chi connectivity index (χ0n) is 64.7. The number of benzene rings is 9. The van der Waals surface area contributed by atoms with E-state index in [4.69, 9.17) is 28.4 Å². The van der Waals surface area contributed by atoms with Gasteiger partial charge in [-0.3, -0.25) is 14.4 Å². The number of ether oxygens (including phenoxy) is 6. The van der Waals surface area contributed by atoms with E-state index in [1.54, 1.807) is 32.9 Å². The van der Waals surface area contributed by atoms with Gasteiger partial charge in [0, 0.05) is 0 Å². The van der Waals surface area contributed by atoms with Crippen LogP contribution >= 0.6 is 67.8 Å². The lowest BCUT2D eigenvalue weighted by Crippen LogP contribution is -2.18. The molecule has 570 valence electrons. The molecule has 0 heterocycles. The molecule has 0 radical (unpaired) electrons. The summed E-state index contributed by atoms with van der Waals surface area (Å²) in [6, 6.07) is 77.5. The molecule has 0 aliphatic rings. The Morgan fingerprint density at radius 1 is 0.269 bits per heavy atom. The fourth-order valence-corrected chi connectivity index (χ4v) is 17.3. The van der Waals surface area contributed by atoms with Crippen LogP contribution in [-0.4, -0.2) is 87.2 Å². The van der Waals surface area contributed by atoms with Gasteiger partial charge >= 0.3 is 35.8 Å². The van der Waals surface area contributed by atoms with Crippen molar-refractivity contribution in [3.8, 4) is 0 Å². The fraction of sp³-hybridized carbons (Fsp3) is 0.333. The van der Waals surface area contributed by atoms with Crippen molar-refractivity contribution in [1.29, 1.82) is 0 Å². The predicted molar refractivity (Wildman–Crippen MR) is 463 cm³/mol. The molecule has 0 fully saturated rings. The lowest BCUT2D eigenvalue weighted by molar-refractivity contribution is -0.144. The van der Waals surface area contributed by atoms with Gasteiger partial charge in [0.15, 0.2) is 44.1 Å². The number of alkyl halides is 3. The van der Waals surface area contributed by atoms with E-state index in [0.29, 0.717) is 28.5 Å². The third-order valence-corrected chi connectivity index (χ3v) is 25.3. The summed E-state index contributed by atoms with van der Waals surface area (Å²) in [5.74, 6) is -1.28. The van der Waals surface area contributed by atoms with Gasteiger partial charge < -0.3 is 28.4 Å². The standard InChI is InChI=1S/C32H38IO4S.C30H34IO4S.C28H30IO4S/c1-22(33)29(34)36-20-21-37-30(35)23-8-14-26(15-9-23)38(27-16-10-24(11-17-27)31(2,3)4)28-18-12-25(13-19-28)32(5,6)7;1-20(2)23-6-12-26(13-7-23)36(27-14-8-24(9-15-27)21(3)4)28-16-10-25(11-17-28)30(33)35-19-18-34-29(32)22(5)31;1-20(29)26(30)32-18-19-33-27(31)21-10-14-24(15-11-21)34(23-8-6-5-7-9-23)25-16-12-22(13-17-25)28(2,3)4/h8-19,22H,20-21H2,1-7H3;6-17,20-22H,18-19H2,1-5H3;5-17,20H,18-19H2,1-4H3/q3*+1. The first-order valence-corrected chi connectivity index (χ1v) is 43.6. The average Bonchev–Trinajstić information content (AvgIpc) is 0.808. The van der Waals surface area contributed by atoms with E-state index in [-0.39, 0.29) is 118 Å². The minimum absolute atomic E-state index is 0.0281. The van der Waals surface area contributed by atoms with Crippen LogP contribution < -0.4 is 0 Å². The van der Waals surface area contributed by atoms with Crippen LogP contribution in [0.15, 0.2) is 269 Å². The molecule has 0 aliphatic heterocycles. The third kappa shape index (κ3) is 26.9. The molecule has 0 saturated carbocycles. The van der Waals surface area contributed by atoms with E-state index in [9.17, 15) is 28.8 Å². The first-order chi connectivity index (χ1) is 51.1. The fourth-order valence-electron chi connectivity index (χ4n) is 10.6. The Labute approximate surface area is 690 Å². The van der Waals surface area contributed by atoms with E-state index in [0.717, 1.165) is 14.7 Å². The lowest BCUT2D eigenvalue weighted by atomic mass is 9.87. The van der Waals surface area contributed by atoms with Gasteiger partial charge in [-0.05, 0) is 222 Å². The summed E-state index contributed by atoms with van der Waals surface area (Å²) in [4.78, 5) is 82.8. The van der Waals surface area contributed by atoms with E-state index >= 15 is 0 Å². The summed E-state index contributed by atoms with van der Waals surface area (Å²) in [5.41, 5.74) is 8.19. The van der Waals surface area contributed by atoms with Crippen LogP contribution in [0.4, 0.5) is 0 Å². The molecule has 108 heavy (non-hydrogen) atoms. The molecule has 0 N–H and O–H groups in total. The lowest BCUT2D eigenvalue weighted by Gasteiger charge is -2.20. The average molecular weight is 1850 g/mol. The molecule has 0 aliphatic carbocycles. The molecule has 0 aromatic heterocycles. The molecule has 12 nitrogen and oxygen atoms in total. The monoisotopic (exact) mass is 1850 g/mol. The summed E-state index contributed by atoms with van der Waals surface area (Å²) in [6.45, 7) is 34.3. The quantitative estimate of drug-likeness (QED) is 0.0126. The van der Waals surface area contributed by atoms with Crippen LogP contribution in [0.1, 0.15) is 182 Å². The molecule has 0 spiro atoms. The van der Waals surface area contributed by atoms with Crippen LogP contribution in [0.25, 0.3) is 0 Å². The van der Waals surface area contributed by atoms with Crippen molar-refractivity contribution in [3.05, 3.63) is 269 Å². The van der Waals surface area contributed by atoms with E-state index < -0.39 is 17.9 Å². The van der Waals surface area contributed by atoms with Gasteiger partial charge in [0.2, 0.25) is 0 Å². The molecule has 4 atom stereocenters. The molecule has 0 bridgehead atoms. The second-order valence-corrected chi connectivity index (χ2v) is 41.0. The summed E-state index contributed by atoms with van der Waals surface area (Å²) >= 11 is 5.96. The molecule has 18 heteroatoms. The molecule has 9 rings (SSSR count). The summed E-state index contributed by atoms with van der Waals surface area (Å²) < 4.78 is 30.3. The number of carbonyl (C=O) groups is 6. The molecular weight excluding hydrogens is 1750 g/mol. The normalized spacial score (nSPS) is 12.7. The van der Waals surface area contributed by atoms with Gasteiger partial charge in [-0.2, -0.15) is 0 Å². The van der Waals surface area contributed by atoms with Crippen molar-refractivity contribution in [2.75, 3.05) is 39.6 Å². The topological polar surface area (TPSA) is 158 Å². The van der Waals surface area contributed by atoms with Crippen molar-refractivity contribution in [2.24, 2.45) is 0 Å². The highest BCUT2D eigenvalue weighted by Crippen LogP contribution is 2.38. The van der Waals surface area contributed by atoms with Crippen LogP contribution in [0, 0.1) is 0 Å². The minimum Gasteiger partial charge on any atom is -0.461 e. The van der Waals surface area contributed by atoms with Crippen molar-refractivity contribution in [3.63, 3.8) is 0 Å². The zero-order valence-corrected chi connectivity index (χ0v) is 73.7. The highest BCUT2D eigenvalue weighted by molar-refractivity contribution is 14.1. The SMILES string of the molecule is CC(I)C(=O)OCCOC(=O)c1ccc([S+](c2ccc(C(C)(C)C)cc2)c2ccc(C(C)(C)C)cc2)cc1.CC(I)C(=O)OCCOC(=O)c1ccc([S+](c2ccc(C(C)C)cc2)c2ccc(C(C)C)cc2)cc1.CC(I)C(=O)OCCOC(=O)c1ccc([S+](c2ccccc2)c2ccc(C(C)(C)C)cc2)cc1. The number of carbonyl (C=O) groups excluding carboxylic acids is 6. The Bertz CT molecular complexity index is 4230. The van der Waals surface area contributed by atoms with Crippen LogP contribution in [0.5, 0.6) is 0 Å². The number of esters is 6. The van der Waals surface area contributed by atoms with E-state index in [1.807, 2.05) is 135 Å². The molecule has 0 saturated heterocycles. The van der Waals surface area contributed by atoms with E-state index in [1.165, 1.54) is 57.2 Å². The Morgan fingerprint density at radius 3 is 0.648 bits per heavy atom. The maximum atomic E-state index is 12.5. The van der Waals surface area contributed by atoms with Crippen LogP contribution in [0.3, 0.4) is 0 Å². The highest BCUT2D eigenvalue weighted by Gasteiger charge is 2.34. The Kier molecular flexibility index (Phi) is 34.2. The Hall–Kier alpha value is -6.96. The van der Waals surface area contributed by atoms with Crippen molar-refractivity contribution in [2.45, 2.75) is 195 Å². The van der Waals surface area contributed by atoms with Crippen molar-refractivity contribution >= 4 is 136 Å². The predicted octanol–water partition coefficient (Wildman–Crippen LogP) is 22.1. The van der Waals surface area contributed by atoms with Gasteiger partial charge in [-0.15, -0.1) is 0 Å².